The van der Waals surface area contributed by atoms with Crippen LogP contribution < -0.4 is 14.8 Å². The van der Waals surface area contributed by atoms with Crippen LogP contribution in [0.25, 0.3) is 0 Å². The van der Waals surface area contributed by atoms with Crippen LogP contribution in [0.15, 0.2) is 48.5 Å². The number of nitrogens with one attached hydrogen (secondary N) is 1. The van der Waals surface area contributed by atoms with Crippen LogP contribution in [0.5, 0.6) is 11.5 Å². The van der Waals surface area contributed by atoms with Crippen molar-refractivity contribution in [3.63, 3.8) is 0 Å². The molecule has 1 fully saturated rings. The number of amides is 2. The normalized spacial score (nSPS) is 15.0. The number of carbonyl (C=O) groups excluding carboxylic acids is 2. The maximum atomic E-state index is 13.1. The maximum Gasteiger partial charge on any atom is 0.261 e. The molecule has 0 aromatic heterocycles. The first kappa shape index (κ1) is 24.4. The third kappa shape index (κ3) is 7.12. The van der Waals surface area contributed by atoms with E-state index in [4.69, 9.17) is 9.47 Å². The Morgan fingerprint density at radius 2 is 1.66 bits per heavy atom. The molecule has 2 amide bonds. The first-order valence-corrected chi connectivity index (χ1v) is 12.2. The van der Waals surface area contributed by atoms with Gasteiger partial charge in [0.1, 0.15) is 17.5 Å². The lowest BCUT2D eigenvalue weighted by molar-refractivity contribution is -0.142. The van der Waals surface area contributed by atoms with Crippen molar-refractivity contribution in [1.29, 1.82) is 0 Å². The van der Waals surface area contributed by atoms with Crippen molar-refractivity contribution in [2.45, 2.75) is 57.7 Å². The predicted octanol–water partition coefficient (Wildman–Crippen LogP) is 4.54. The summed E-state index contributed by atoms with van der Waals surface area (Å²) in [6.07, 6.45) is 5.50. The molecule has 3 rings (SSSR count). The van der Waals surface area contributed by atoms with E-state index in [0.29, 0.717) is 12.3 Å². The molecule has 6 nitrogen and oxygen atoms in total. The van der Waals surface area contributed by atoms with Crippen molar-refractivity contribution < 1.29 is 19.1 Å². The number of nitrogens with zero attached hydrogens (tertiary/aromatic N) is 1. The van der Waals surface area contributed by atoms with Gasteiger partial charge in [-0.3, -0.25) is 9.59 Å². The van der Waals surface area contributed by atoms with Crippen LogP contribution >= 0.6 is 22.6 Å². The summed E-state index contributed by atoms with van der Waals surface area (Å²) >= 11 is 2.22. The summed E-state index contributed by atoms with van der Waals surface area (Å²) in [5.74, 6) is 1.03. The van der Waals surface area contributed by atoms with E-state index in [9.17, 15) is 9.59 Å². The minimum atomic E-state index is -0.605. The standard InChI is InChI=1S/C25H31IN2O4/c1-18(25(30)27-21-6-4-3-5-7-21)28(16-19-8-12-22(31-2)13-9-19)24(29)17-32-23-14-10-20(26)11-15-23/h8-15,18,21H,3-7,16-17H2,1-2H3,(H,27,30)/t18-/m0/s1. The summed E-state index contributed by atoms with van der Waals surface area (Å²) in [6.45, 7) is 1.97. The number of benzene rings is 2. The van der Waals surface area contributed by atoms with Gasteiger partial charge in [0.2, 0.25) is 5.91 Å². The Morgan fingerprint density at radius 1 is 1.03 bits per heavy atom. The molecule has 1 aliphatic carbocycles. The lowest BCUT2D eigenvalue weighted by atomic mass is 9.95. The summed E-state index contributed by atoms with van der Waals surface area (Å²) in [5.41, 5.74) is 0.922. The summed E-state index contributed by atoms with van der Waals surface area (Å²) in [4.78, 5) is 27.7. The summed E-state index contributed by atoms with van der Waals surface area (Å²) in [6, 6.07) is 14.6. The minimum absolute atomic E-state index is 0.118. The van der Waals surface area contributed by atoms with Crippen LogP contribution in [0.4, 0.5) is 0 Å². The van der Waals surface area contributed by atoms with Crippen molar-refractivity contribution in [2.75, 3.05) is 13.7 Å². The molecule has 0 aliphatic heterocycles. The van der Waals surface area contributed by atoms with E-state index in [1.165, 1.54) is 6.42 Å². The number of halogens is 1. The van der Waals surface area contributed by atoms with Gasteiger partial charge in [-0.05, 0) is 84.3 Å². The molecule has 172 valence electrons. The van der Waals surface area contributed by atoms with Gasteiger partial charge in [-0.25, -0.2) is 0 Å². The summed E-state index contributed by atoms with van der Waals surface area (Å²) in [7, 11) is 1.62. The highest BCUT2D eigenvalue weighted by Crippen LogP contribution is 2.19. The number of rotatable bonds is 9. The zero-order valence-corrected chi connectivity index (χ0v) is 20.8. The van der Waals surface area contributed by atoms with Crippen molar-refractivity contribution in [2.24, 2.45) is 0 Å². The quantitative estimate of drug-likeness (QED) is 0.466. The van der Waals surface area contributed by atoms with Gasteiger partial charge in [-0.1, -0.05) is 31.4 Å². The molecule has 1 N–H and O–H groups in total. The molecule has 1 aliphatic rings. The Bertz CT molecular complexity index is 880. The molecule has 7 heteroatoms. The van der Waals surface area contributed by atoms with Gasteiger partial charge in [-0.15, -0.1) is 0 Å². The highest BCUT2D eigenvalue weighted by Gasteiger charge is 2.28. The van der Waals surface area contributed by atoms with Gasteiger partial charge >= 0.3 is 0 Å². The molecule has 32 heavy (non-hydrogen) atoms. The van der Waals surface area contributed by atoms with E-state index in [1.807, 2.05) is 48.5 Å². The van der Waals surface area contributed by atoms with Gasteiger partial charge in [0, 0.05) is 16.2 Å². The van der Waals surface area contributed by atoms with Crippen LogP contribution in [0.3, 0.4) is 0 Å². The van der Waals surface area contributed by atoms with Crippen LogP contribution in [0.2, 0.25) is 0 Å². The Labute approximate surface area is 203 Å². The average molecular weight is 550 g/mol. The topological polar surface area (TPSA) is 67.9 Å². The SMILES string of the molecule is COc1ccc(CN(C(=O)COc2ccc(I)cc2)[C@@H](C)C(=O)NC2CCCCC2)cc1. The lowest BCUT2D eigenvalue weighted by Crippen LogP contribution is -2.51. The monoisotopic (exact) mass is 550 g/mol. The van der Waals surface area contributed by atoms with Gasteiger partial charge in [0.05, 0.1) is 7.11 Å². The fourth-order valence-corrected chi connectivity index (χ4v) is 4.20. The molecule has 2 aromatic carbocycles. The van der Waals surface area contributed by atoms with Crippen molar-refractivity contribution in [3.8, 4) is 11.5 Å². The fraction of sp³-hybridized carbons (Fsp3) is 0.440. The lowest BCUT2D eigenvalue weighted by Gasteiger charge is -2.31. The Kier molecular flexibility index (Phi) is 9.20. The number of ether oxygens (including phenoxy) is 2. The smallest absolute Gasteiger partial charge is 0.261 e. The zero-order valence-electron chi connectivity index (χ0n) is 18.7. The molecular formula is C25H31IN2O4. The predicted molar refractivity (Wildman–Crippen MR) is 133 cm³/mol. The van der Waals surface area contributed by atoms with E-state index in [2.05, 4.69) is 27.9 Å². The van der Waals surface area contributed by atoms with E-state index in [1.54, 1.807) is 18.9 Å². The van der Waals surface area contributed by atoms with Gasteiger partial charge in [0.15, 0.2) is 6.61 Å². The summed E-state index contributed by atoms with van der Waals surface area (Å²) in [5, 5.41) is 3.14. The fourth-order valence-electron chi connectivity index (χ4n) is 3.84. The Hall–Kier alpha value is -2.29. The van der Waals surface area contributed by atoms with Gasteiger partial charge in [-0.2, -0.15) is 0 Å². The molecule has 0 spiro atoms. The van der Waals surface area contributed by atoms with Crippen LogP contribution in [0.1, 0.15) is 44.6 Å². The zero-order chi connectivity index (χ0) is 22.9. The second-order valence-electron chi connectivity index (χ2n) is 8.13. The summed E-state index contributed by atoms with van der Waals surface area (Å²) < 4.78 is 12.0. The van der Waals surface area contributed by atoms with Crippen LogP contribution in [-0.4, -0.2) is 42.5 Å². The number of methoxy groups -OCH3 is 1. The third-order valence-corrected chi connectivity index (χ3v) is 6.53. The second kappa shape index (κ2) is 12.1. The molecule has 0 bridgehead atoms. The van der Waals surface area contributed by atoms with E-state index in [-0.39, 0.29) is 24.5 Å². The Balaban J connectivity index is 1.69. The van der Waals surface area contributed by atoms with Crippen molar-refractivity contribution in [3.05, 3.63) is 57.7 Å². The first-order chi connectivity index (χ1) is 15.5. The number of carbonyl (C=O) groups is 2. The number of hydrogen-bond donors (Lipinski definition) is 1. The van der Waals surface area contributed by atoms with Gasteiger partial charge in [0.25, 0.3) is 5.91 Å². The largest absolute Gasteiger partial charge is 0.497 e. The molecule has 0 radical (unpaired) electrons. The van der Waals surface area contributed by atoms with E-state index in [0.717, 1.165) is 40.6 Å². The van der Waals surface area contributed by atoms with Crippen molar-refractivity contribution >= 4 is 34.4 Å². The molecule has 2 aromatic rings. The van der Waals surface area contributed by atoms with Crippen LogP contribution in [-0.2, 0) is 16.1 Å². The molecule has 0 heterocycles. The van der Waals surface area contributed by atoms with Crippen molar-refractivity contribution in [1.82, 2.24) is 10.2 Å². The third-order valence-electron chi connectivity index (χ3n) is 5.81. The minimum Gasteiger partial charge on any atom is -0.497 e. The molecule has 0 saturated heterocycles. The molecule has 1 saturated carbocycles. The second-order valence-corrected chi connectivity index (χ2v) is 9.38. The highest BCUT2D eigenvalue weighted by atomic mass is 127. The maximum absolute atomic E-state index is 13.1. The molecule has 1 atom stereocenters. The first-order valence-electron chi connectivity index (χ1n) is 11.1. The van der Waals surface area contributed by atoms with Crippen LogP contribution in [0, 0.1) is 3.57 Å². The Morgan fingerprint density at radius 3 is 2.28 bits per heavy atom. The molecule has 0 unspecified atom stereocenters. The average Bonchev–Trinajstić information content (AvgIpc) is 2.82. The van der Waals surface area contributed by atoms with E-state index >= 15 is 0 Å². The number of hydrogen-bond acceptors (Lipinski definition) is 4. The van der Waals surface area contributed by atoms with E-state index < -0.39 is 6.04 Å². The highest BCUT2D eigenvalue weighted by molar-refractivity contribution is 14.1. The van der Waals surface area contributed by atoms with Gasteiger partial charge < -0.3 is 19.7 Å². The molecular weight excluding hydrogens is 519 g/mol.